The van der Waals surface area contributed by atoms with E-state index in [1.54, 1.807) is 0 Å². The summed E-state index contributed by atoms with van der Waals surface area (Å²) in [5, 5.41) is 7.17. The molecule has 0 aliphatic carbocycles. The summed E-state index contributed by atoms with van der Waals surface area (Å²) in [7, 11) is 1.86. The van der Waals surface area contributed by atoms with Gasteiger partial charge < -0.3 is 20.4 Å². The summed E-state index contributed by atoms with van der Waals surface area (Å²) in [5.74, 6) is 1.57. The Hall–Kier alpha value is -2.53. The smallest absolute Gasteiger partial charge is 0.191 e. The van der Waals surface area contributed by atoms with Gasteiger partial charge in [-0.1, -0.05) is 42.5 Å². The zero-order valence-corrected chi connectivity index (χ0v) is 19.8. The molecule has 2 aromatic rings. The lowest BCUT2D eigenvalue weighted by Crippen LogP contribution is -2.41. The highest BCUT2D eigenvalue weighted by Gasteiger charge is 2.22. The number of hydrogen-bond acceptors (Lipinski definition) is 3. The van der Waals surface area contributed by atoms with Crippen molar-refractivity contribution in [3.63, 3.8) is 0 Å². The lowest BCUT2D eigenvalue weighted by Gasteiger charge is -2.23. The second-order valence-electron chi connectivity index (χ2n) is 9.30. The summed E-state index contributed by atoms with van der Waals surface area (Å²) >= 11 is 0. The maximum Gasteiger partial charge on any atom is 0.191 e. The van der Waals surface area contributed by atoms with Crippen molar-refractivity contribution in [2.45, 2.75) is 38.6 Å². The maximum absolute atomic E-state index is 4.48. The fraction of sp³-hybridized carbons (Fsp3) is 0.519. The number of benzene rings is 2. The zero-order valence-electron chi connectivity index (χ0n) is 19.8. The first-order chi connectivity index (χ1) is 15.7. The van der Waals surface area contributed by atoms with Crippen LogP contribution in [0.2, 0.25) is 0 Å². The monoisotopic (exact) mass is 433 g/mol. The van der Waals surface area contributed by atoms with Gasteiger partial charge in [0.25, 0.3) is 0 Å². The van der Waals surface area contributed by atoms with Gasteiger partial charge in [-0.25, -0.2) is 0 Å². The van der Waals surface area contributed by atoms with Gasteiger partial charge >= 0.3 is 0 Å². The topological polar surface area (TPSA) is 42.9 Å². The van der Waals surface area contributed by atoms with Crippen LogP contribution in [0.5, 0.6) is 0 Å². The quantitative estimate of drug-likeness (QED) is 0.486. The minimum atomic E-state index is 0.217. The molecule has 2 aliphatic rings. The molecular weight excluding hydrogens is 394 g/mol. The predicted octanol–water partition coefficient (Wildman–Crippen LogP) is 4.08. The van der Waals surface area contributed by atoms with E-state index in [1.807, 2.05) is 7.05 Å². The molecule has 0 amide bonds. The highest BCUT2D eigenvalue weighted by atomic mass is 15.2. The van der Waals surface area contributed by atoms with Crippen LogP contribution in [-0.2, 0) is 6.42 Å². The summed E-state index contributed by atoms with van der Waals surface area (Å²) in [5.41, 5.74) is 4.09. The van der Waals surface area contributed by atoms with Gasteiger partial charge in [0.2, 0.25) is 0 Å². The van der Waals surface area contributed by atoms with E-state index in [9.17, 15) is 0 Å². The minimum absolute atomic E-state index is 0.217. The van der Waals surface area contributed by atoms with Crippen molar-refractivity contribution < 1.29 is 0 Å². The van der Waals surface area contributed by atoms with Crippen LogP contribution in [0.25, 0.3) is 0 Å². The van der Waals surface area contributed by atoms with Crippen LogP contribution in [0.15, 0.2) is 59.6 Å². The molecule has 2 N–H and O–H groups in total. The molecule has 0 spiro atoms. The lowest BCUT2D eigenvalue weighted by atomic mass is 10.1. The molecule has 32 heavy (non-hydrogen) atoms. The van der Waals surface area contributed by atoms with E-state index >= 15 is 0 Å². The second-order valence-corrected chi connectivity index (χ2v) is 9.30. The predicted molar refractivity (Wildman–Crippen MR) is 135 cm³/mol. The van der Waals surface area contributed by atoms with Crippen molar-refractivity contribution in [1.29, 1.82) is 0 Å². The Kier molecular flexibility index (Phi) is 8.05. The minimum Gasteiger partial charge on any atom is -0.372 e. The number of nitrogens with zero attached hydrogens (tertiary/aromatic N) is 3. The number of rotatable bonds is 8. The maximum atomic E-state index is 4.48. The van der Waals surface area contributed by atoms with Crippen molar-refractivity contribution >= 4 is 11.6 Å². The standard InChI is InChI=1S/C27H39N5/c1-22(25-11-8-12-26(19-25)32-15-6-7-16-32)30-27(28-2)29-20-24-14-18-31(21-24)17-13-23-9-4-3-5-10-23/h3-5,8-12,19,22,24H,6-7,13-18,20-21H2,1-2H3,(H2,28,29,30). The highest BCUT2D eigenvalue weighted by molar-refractivity contribution is 5.80. The molecule has 2 heterocycles. The van der Waals surface area contributed by atoms with Crippen LogP contribution in [-0.4, -0.2) is 57.2 Å². The van der Waals surface area contributed by atoms with Gasteiger partial charge in [-0.2, -0.15) is 0 Å². The Morgan fingerprint density at radius 1 is 1.06 bits per heavy atom. The zero-order chi connectivity index (χ0) is 22.2. The molecule has 4 rings (SSSR count). The van der Waals surface area contributed by atoms with Gasteiger partial charge in [-0.15, -0.1) is 0 Å². The van der Waals surface area contributed by atoms with Crippen LogP contribution >= 0.6 is 0 Å². The number of guanidine groups is 1. The average Bonchev–Trinajstić information content (AvgIpc) is 3.53. The Labute approximate surface area is 193 Å². The number of likely N-dealkylation sites (tertiary alicyclic amines) is 1. The van der Waals surface area contributed by atoms with Crippen LogP contribution in [0, 0.1) is 5.92 Å². The number of nitrogens with one attached hydrogen (secondary N) is 2. The molecule has 2 aromatic carbocycles. The first-order valence-corrected chi connectivity index (χ1v) is 12.3. The third kappa shape index (κ3) is 6.26. The number of anilines is 1. The van der Waals surface area contributed by atoms with E-state index < -0.39 is 0 Å². The number of hydrogen-bond donors (Lipinski definition) is 2. The lowest BCUT2D eigenvalue weighted by molar-refractivity contribution is 0.328. The van der Waals surface area contributed by atoms with Gasteiger partial charge in [-0.3, -0.25) is 4.99 Å². The van der Waals surface area contributed by atoms with Gasteiger partial charge in [0.1, 0.15) is 0 Å². The molecule has 2 saturated heterocycles. The van der Waals surface area contributed by atoms with Gasteiger partial charge in [-0.05, 0) is 68.3 Å². The summed E-state index contributed by atoms with van der Waals surface area (Å²) in [6, 6.07) is 20.0. The molecule has 0 saturated carbocycles. The van der Waals surface area contributed by atoms with Crippen molar-refractivity contribution in [2.24, 2.45) is 10.9 Å². The molecule has 5 heteroatoms. The van der Waals surface area contributed by atoms with Crippen LogP contribution in [0.3, 0.4) is 0 Å². The molecule has 2 unspecified atom stereocenters. The summed E-state index contributed by atoms with van der Waals surface area (Å²) in [4.78, 5) is 9.57. The molecule has 2 fully saturated rings. The molecule has 0 aromatic heterocycles. The van der Waals surface area contributed by atoms with Gasteiger partial charge in [0, 0.05) is 45.5 Å². The van der Waals surface area contributed by atoms with Crippen LogP contribution in [0.4, 0.5) is 5.69 Å². The van der Waals surface area contributed by atoms with E-state index in [-0.39, 0.29) is 6.04 Å². The van der Waals surface area contributed by atoms with Crippen molar-refractivity contribution in [1.82, 2.24) is 15.5 Å². The Morgan fingerprint density at radius 2 is 1.88 bits per heavy atom. The molecule has 0 radical (unpaired) electrons. The Balaban J connectivity index is 1.21. The fourth-order valence-electron chi connectivity index (χ4n) is 4.90. The van der Waals surface area contributed by atoms with E-state index in [0.29, 0.717) is 5.92 Å². The van der Waals surface area contributed by atoms with E-state index in [1.165, 1.54) is 62.3 Å². The Bertz CT molecular complexity index is 859. The first-order valence-electron chi connectivity index (χ1n) is 12.3. The Morgan fingerprint density at radius 3 is 2.66 bits per heavy atom. The van der Waals surface area contributed by atoms with E-state index in [2.05, 4.69) is 86.9 Å². The molecule has 2 atom stereocenters. The van der Waals surface area contributed by atoms with Crippen molar-refractivity contribution in [2.75, 3.05) is 51.2 Å². The largest absolute Gasteiger partial charge is 0.372 e. The van der Waals surface area contributed by atoms with Gasteiger partial charge in [0.05, 0.1) is 6.04 Å². The fourth-order valence-corrected chi connectivity index (χ4v) is 4.90. The summed E-state index contributed by atoms with van der Waals surface area (Å²) in [6.45, 7) is 9.07. The van der Waals surface area contributed by atoms with Crippen molar-refractivity contribution in [3.8, 4) is 0 Å². The van der Waals surface area contributed by atoms with E-state index in [4.69, 9.17) is 0 Å². The molecule has 5 nitrogen and oxygen atoms in total. The van der Waals surface area contributed by atoms with Crippen molar-refractivity contribution in [3.05, 3.63) is 65.7 Å². The summed E-state index contributed by atoms with van der Waals surface area (Å²) < 4.78 is 0. The van der Waals surface area contributed by atoms with Crippen LogP contribution in [0.1, 0.15) is 43.4 Å². The van der Waals surface area contributed by atoms with Crippen LogP contribution < -0.4 is 15.5 Å². The molecule has 2 aliphatic heterocycles. The molecule has 172 valence electrons. The third-order valence-electron chi connectivity index (χ3n) is 6.91. The second kappa shape index (κ2) is 11.4. The molecule has 0 bridgehead atoms. The highest BCUT2D eigenvalue weighted by Crippen LogP contribution is 2.24. The van der Waals surface area contributed by atoms with Gasteiger partial charge in [0.15, 0.2) is 5.96 Å². The average molecular weight is 434 g/mol. The van der Waals surface area contributed by atoms with E-state index in [0.717, 1.165) is 25.5 Å². The normalized spacial score (nSPS) is 20.5. The number of aliphatic imine (C=N–C) groups is 1. The first kappa shape index (κ1) is 22.7. The molecular formula is C27H39N5. The third-order valence-corrected chi connectivity index (χ3v) is 6.91. The SMILES string of the molecule is CN=C(NCC1CCN(CCc2ccccc2)C1)NC(C)c1cccc(N2CCCC2)c1. The summed E-state index contributed by atoms with van der Waals surface area (Å²) in [6.07, 6.45) is 5.00.